The Morgan fingerprint density at radius 3 is 2.18 bits per heavy atom. The van der Waals surface area contributed by atoms with Crippen molar-refractivity contribution >= 4 is 8.56 Å². The van der Waals surface area contributed by atoms with Crippen molar-refractivity contribution in [3.63, 3.8) is 0 Å². The monoisotopic (exact) mass is 252 g/mol. The van der Waals surface area contributed by atoms with Crippen molar-refractivity contribution in [2.75, 3.05) is 14.2 Å². The molecule has 0 aliphatic heterocycles. The molecule has 0 amide bonds. The molecule has 0 N–H and O–H groups in total. The van der Waals surface area contributed by atoms with E-state index in [9.17, 15) is 0 Å². The normalized spacial score (nSPS) is 29.6. The van der Waals surface area contributed by atoms with Crippen molar-refractivity contribution in [1.29, 1.82) is 0 Å². The number of hydrogen-bond acceptors (Lipinski definition) is 2. The molecule has 2 bridgehead atoms. The molecule has 3 aliphatic carbocycles. The van der Waals surface area contributed by atoms with Gasteiger partial charge < -0.3 is 8.85 Å². The van der Waals surface area contributed by atoms with Gasteiger partial charge in [0.1, 0.15) is 0 Å². The van der Waals surface area contributed by atoms with E-state index in [0.29, 0.717) is 0 Å². The predicted molar refractivity (Wildman–Crippen MR) is 71.0 cm³/mol. The molecule has 0 aromatic rings. The molecule has 3 heteroatoms. The molecular formula is C14H24O2Si. The topological polar surface area (TPSA) is 18.5 Å². The summed E-state index contributed by atoms with van der Waals surface area (Å²) in [6.07, 6.45) is 10.8. The average Bonchev–Trinajstić information content (AvgIpc) is 3.09. The third-order valence-electron chi connectivity index (χ3n) is 5.23. The molecule has 1 atom stereocenters. The van der Waals surface area contributed by atoms with E-state index >= 15 is 0 Å². The molecule has 0 heterocycles. The van der Waals surface area contributed by atoms with Crippen LogP contribution in [0.2, 0.25) is 5.54 Å². The first kappa shape index (κ1) is 11.9. The zero-order valence-corrected chi connectivity index (χ0v) is 12.1. The Hall–Kier alpha value is -0.123. The van der Waals surface area contributed by atoms with E-state index in [1.807, 2.05) is 14.2 Å². The van der Waals surface area contributed by atoms with Crippen LogP contribution < -0.4 is 0 Å². The van der Waals surface area contributed by atoms with Crippen LogP contribution in [-0.4, -0.2) is 22.8 Å². The molecule has 2 fully saturated rings. The molecule has 3 rings (SSSR count). The molecule has 1 unspecified atom stereocenters. The van der Waals surface area contributed by atoms with Gasteiger partial charge in [0.05, 0.1) is 0 Å². The van der Waals surface area contributed by atoms with Gasteiger partial charge in [0.15, 0.2) is 0 Å². The quantitative estimate of drug-likeness (QED) is 0.710. The minimum absolute atomic E-state index is 0.722. The summed E-state index contributed by atoms with van der Waals surface area (Å²) in [5.74, 6) is 0.929. The maximum absolute atomic E-state index is 6.07. The molecule has 3 aliphatic rings. The summed E-state index contributed by atoms with van der Waals surface area (Å²) >= 11 is 0. The molecule has 0 aromatic heterocycles. The van der Waals surface area contributed by atoms with Gasteiger partial charge in [-0.1, -0.05) is 18.4 Å². The van der Waals surface area contributed by atoms with Gasteiger partial charge in [0.2, 0.25) is 0 Å². The SMILES string of the molecule is CO[Si](OC)(C1=C2CCC(C2)C1)C1CCCC1. The molecular weight excluding hydrogens is 228 g/mol. The van der Waals surface area contributed by atoms with E-state index in [-0.39, 0.29) is 0 Å². The van der Waals surface area contributed by atoms with E-state index in [2.05, 4.69) is 0 Å². The van der Waals surface area contributed by atoms with E-state index in [0.717, 1.165) is 11.5 Å². The van der Waals surface area contributed by atoms with Crippen molar-refractivity contribution in [3.05, 3.63) is 10.8 Å². The molecule has 2 saturated carbocycles. The van der Waals surface area contributed by atoms with Gasteiger partial charge in [-0.2, -0.15) is 0 Å². The van der Waals surface area contributed by atoms with E-state index < -0.39 is 8.56 Å². The van der Waals surface area contributed by atoms with Crippen LogP contribution in [0.15, 0.2) is 10.8 Å². The van der Waals surface area contributed by atoms with Gasteiger partial charge in [-0.25, -0.2) is 0 Å². The van der Waals surface area contributed by atoms with Crippen LogP contribution >= 0.6 is 0 Å². The van der Waals surface area contributed by atoms with Crippen molar-refractivity contribution in [2.45, 2.75) is 56.9 Å². The van der Waals surface area contributed by atoms with Crippen LogP contribution in [0.1, 0.15) is 51.4 Å². The van der Waals surface area contributed by atoms with E-state index in [1.165, 1.54) is 51.4 Å². The van der Waals surface area contributed by atoms with Crippen LogP contribution in [0.25, 0.3) is 0 Å². The van der Waals surface area contributed by atoms with E-state index in [1.54, 1.807) is 10.8 Å². The van der Waals surface area contributed by atoms with Crippen LogP contribution in [0.3, 0.4) is 0 Å². The number of fused-ring (bicyclic) bond motifs is 2. The minimum Gasteiger partial charge on any atom is -0.394 e. The Kier molecular flexibility index (Phi) is 3.18. The first-order chi connectivity index (χ1) is 8.30. The maximum atomic E-state index is 6.07. The summed E-state index contributed by atoms with van der Waals surface area (Å²) in [6, 6.07) is 0. The Morgan fingerprint density at radius 2 is 1.71 bits per heavy atom. The second-order valence-corrected chi connectivity index (χ2v) is 9.52. The lowest BCUT2D eigenvalue weighted by atomic mass is 10.1. The molecule has 2 nitrogen and oxygen atoms in total. The van der Waals surface area contributed by atoms with Gasteiger partial charge >= 0.3 is 8.56 Å². The first-order valence-corrected chi connectivity index (χ1v) is 9.01. The van der Waals surface area contributed by atoms with E-state index in [4.69, 9.17) is 8.85 Å². The third kappa shape index (κ3) is 1.74. The highest BCUT2D eigenvalue weighted by Crippen LogP contribution is 2.52. The second kappa shape index (κ2) is 4.52. The van der Waals surface area contributed by atoms with Crippen molar-refractivity contribution in [1.82, 2.24) is 0 Å². The highest BCUT2D eigenvalue weighted by atomic mass is 28.4. The molecule has 17 heavy (non-hydrogen) atoms. The fourth-order valence-electron chi connectivity index (χ4n) is 4.42. The number of hydrogen-bond donors (Lipinski definition) is 0. The first-order valence-electron chi connectivity index (χ1n) is 7.12. The second-order valence-electron chi connectivity index (χ2n) is 5.95. The zero-order chi connectivity index (χ0) is 11.9. The summed E-state index contributed by atoms with van der Waals surface area (Å²) in [5, 5.41) is 1.66. The summed E-state index contributed by atoms with van der Waals surface area (Å²) in [7, 11) is 1.74. The fraction of sp³-hybridized carbons (Fsp3) is 0.857. The van der Waals surface area contributed by atoms with Crippen LogP contribution in [0.5, 0.6) is 0 Å². The molecule has 0 saturated heterocycles. The van der Waals surface area contributed by atoms with Crippen LogP contribution in [-0.2, 0) is 8.85 Å². The fourth-order valence-corrected chi connectivity index (χ4v) is 8.70. The molecule has 0 aromatic carbocycles. The summed E-state index contributed by atoms with van der Waals surface area (Å²) in [4.78, 5) is 0. The molecule has 0 radical (unpaired) electrons. The van der Waals surface area contributed by atoms with Gasteiger partial charge in [-0.05, 0) is 49.6 Å². The largest absolute Gasteiger partial charge is 0.394 e. The Balaban J connectivity index is 1.93. The lowest BCUT2D eigenvalue weighted by Gasteiger charge is -2.36. The highest BCUT2D eigenvalue weighted by Gasteiger charge is 2.52. The Morgan fingerprint density at radius 1 is 1.00 bits per heavy atom. The lowest BCUT2D eigenvalue weighted by molar-refractivity contribution is 0.236. The Labute approximate surface area is 106 Å². The van der Waals surface area contributed by atoms with Gasteiger partial charge in [0, 0.05) is 19.8 Å². The maximum Gasteiger partial charge on any atom is 0.371 e. The number of rotatable bonds is 4. The number of allylic oxidation sites excluding steroid dienone is 2. The highest BCUT2D eigenvalue weighted by molar-refractivity contribution is 6.76. The van der Waals surface area contributed by atoms with Crippen LogP contribution in [0.4, 0.5) is 0 Å². The van der Waals surface area contributed by atoms with Gasteiger partial charge in [-0.15, -0.1) is 0 Å². The minimum atomic E-state index is -2.05. The average molecular weight is 252 g/mol. The van der Waals surface area contributed by atoms with Gasteiger partial charge in [0.25, 0.3) is 0 Å². The van der Waals surface area contributed by atoms with Crippen molar-refractivity contribution in [2.24, 2.45) is 5.92 Å². The summed E-state index contributed by atoms with van der Waals surface area (Å²) in [5.41, 5.74) is 2.44. The zero-order valence-electron chi connectivity index (χ0n) is 11.1. The third-order valence-corrected chi connectivity index (χ3v) is 9.49. The molecule has 96 valence electrons. The smallest absolute Gasteiger partial charge is 0.371 e. The summed E-state index contributed by atoms with van der Waals surface area (Å²) < 4.78 is 12.1. The standard InChI is InChI=1S/C14H24O2Si/c1-15-17(16-2,13-5-3-4-6-13)14-10-11-7-8-12(14)9-11/h11,13H,3-10H2,1-2H3. The van der Waals surface area contributed by atoms with Crippen molar-refractivity contribution < 1.29 is 8.85 Å². The van der Waals surface area contributed by atoms with Gasteiger partial charge in [-0.3, -0.25) is 0 Å². The van der Waals surface area contributed by atoms with Crippen molar-refractivity contribution in [3.8, 4) is 0 Å². The summed E-state index contributed by atoms with van der Waals surface area (Å²) in [6.45, 7) is 0. The van der Waals surface area contributed by atoms with Crippen LogP contribution in [0, 0.1) is 5.92 Å². The predicted octanol–water partition coefficient (Wildman–Crippen LogP) is 3.71. The lowest BCUT2D eigenvalue weighted by Crippen LogP contribution is -2.47. The molecule has 0 spiro atoms. The Bertz CT molecular complexity index is 327.